The molecule has 0 bridgehead atoms. The minimum absolute atomic E-state index is 0.202. The summed E-state index contributed by atoms with van der Waals surface area (Å²) in [7, 11) is 0. The van der Waals surface area contributed by atoms with E-state index in [1.54, 1.807) is 0 Å². The molecule has 0 aliphatic heterocycles. The number of rotatable bonds is 8. The Balaban J connectivity index is 2.14. The predicted molar refractivity (Wildman–Crippen MR) is 91.8 cm³/mol. The van der Waals surface area contributed by atoms with Gasteiger partial charge in [-0.15, -0.1) is 0 Å². The summed E-state index contributed by atoms with van der Waals surface area (Å²) >= 11 is 0. The third kappa shape index (κ3) is 3.49. The molecular weight excluding hydrogens is 256 g/mol. The van der Waals surface area contributed by atoms with Gasteiger partial charge in [-0.1, -0.05) is 51.1 Å². The zero-order valence-electron chi connectivity index (χ0n) is 14.4. The normalized spacial score (nSPS) is 23.3. The Morgan fingerprint density at radius 3 is 2.29 bits per heavy atom. The molecule has 1 aliphatic carbocycles. The largest absolute Gasteiger partial charge is 0.312 e. The molecule has 1 aliphatic rings. The minimum atomic E-state index is 0.202. The van der Waals surface area contributed by atoms with Gasteiger partial charge in [-0.25, -0.2) is 0 Å². The van der Waals surface area contributed by atoms with Crippen molar-refractivity contribution in [3.05, 3.63) is 35.9 Å². The third-order valence-corrected chi connectivity index (χ3v) is 5.26. The Labute approximate surface area is 130 Å². The number of nitrogens with one attached hydrogen (secondary N) is 1. The zero-order valence-corrected chi connectivity index (χ0v) is 14.4. The lowest BCUT2D eigenvalue weighted by Crippen LogP contribution is -2.58. The Hall–Kier alpha value is -0.860. The van der Waals surface area contributed by atoms with Crippen molar-refractivity contribution in [2.45, 2.75) is 58.5 Å². The van der Waals surface area contributed by atoms with E-state index in [4.69, 9.17) is 0 Å². The van der Waals surface area contributed by atoms with Crippen LogP contribution in [0.1, 0.15) is 52.5 Å². The summed E-state index contributed by atoms with van der Waals surface area (Å²) in [6.07, 6.45) is 1.33. The maximum atomic E-state index is 3.79. The van der Waals surface area contributed by atoms with E-state index in [1.807, 2.05) is 0 Å². The molecule has 1 aromatic carbocycles. The first kappa shape index (κ1) is 16.5. The maximum Gasteiger partial charge on any atom is 0.0308 e. The Bertz CT molecular complexity index is 422. The van der Waals surface area contributed by atoms with Crippen molar-refractivity contribution in [1.29, 1.82) is 0 Å². The molecule has 118 valence electrons. The molecule has 0 amide bonds. The fraction of sp³-hybridized carbons (Fsp3) is 0.684. The van der Waals surface area contributed by atoms with Gasteiger partial charge in [0.15, 0.2) is 0 Å². The molecule has 0 saturated heterocycles. The van der Waals surface area contributed by atoms with E-state index in [-0.39, 0.29) is 5.54 Å². The molecule has 3 unspecified atom stereocenters. The van der Waals surface area contributed by atoms with Crippen LogP contribution in [0.4, 0.5) is 0 Å². The highest BCUT2D eigenvalue weighted by Gasteiger charge is 2.50. The predicted octanol–water partition coefficient (Wildman–Crippen LogP) is 3.89. The van der Waals surface area contributed by atoms with E-state index < -0.39 is 0 Å². The second-order valence-corrected chi connectivity index (χ2v) is 6.78. The number of hydrogen-bond donors (Lipinski definition) is 1. The first-order chi connectivity index (χ1) is 10.1. The number of benzene rings is 1. The Morgan fingerprint density at radius 2 is 1.76 bits per heavy atom. The molecule has 2 rings (SSSR count). The van der Waals surface area contributed by atoms with Crippen molar-refractivity contribution in [3.8, 4) is 0 Å². The van der Waals surface area contributed by atoms with Crippen LogP contribution in [0.5, 0.6) is 0 Å². The molecule has 0 aromatic heterocycles. The topological polar surface area (TPSA) is 15.3 Å². The Morgan fingerprint density at radius 1 is 1.14 bits per heavy atom. The highest BCUT2D eigenvalue weighted by molar-refractivity contribution is 5.27. The summed E-state index contributed by atoms with van der Waals surface area (Å²) in [5.74, 6) is 1.51. The second-order valence-electron chi connectivity index (χ2n) is 6.78. The number of nitrogens with zero attached hydrogens (tertiary/aromatic N) is 1. The quantitative estimate of drug-likeness (QED) is 0.781. The van der Waals surface area contributed by atoms with Crippen molar-refractivity contribution < 1.29 is 0 Å². The van der Waals surface area contributed by atoms with Crippen LogP contribution < -0.4 is 5.32 Å². The summed E-state index contributed by atoms with van der Waals surface area (Å²) < 4.78 is 0. The summed E-state index contributed by atoms with van der Waals surface area (Å²) in [6.45, 7) is 14.9. The standard InChI is InChI=1S/C19H32N2/c1-6-20-18(19(4,5)21(7-2)8-3)17-14-16(17)15-12-10-9-11-13-15/h9-13,16-18,20H,6-8,14H2,1-5H3. The highest BCUT2D eigenvalue weighted by atomic mass is 15.2. The molecule has 1 fully saturated rings. The van der Waals surface area contributed by atoms with Gasteiger partial charge in [-0.3, -0.25) is 4.90 Å². The van der Waals surface area contributed by atoms with E-state index in [2.05, 4.69) is 75.2 Å². The minimum Gasteiger partial charge on any atom is -0.312 e. The van der Waals surface area contributed by atoms with E-state index in [9.17, 15) is 0 Å². The van der Waals surface area contributed by atoms with E-state index in [0.29, 0.717) is 6.04 Å². The third-order valence-electron chi connectivity index (χ3n) is 5.26. The van der Waals surface area contributed by atoms with Crippen LogP contribution in [0.15, 0.2) is 30.3 Å². The van der Waals surface area contributed by atoms with Crippen LogP contribution in [0, 0.1) is 5.92 Å². The molecule has 3 atom stereocenters. The number of likely N-dealkylation sites (N-methyl/N-ethyl adjacent to an activating group) is 2. The summed E-state index contributed by atoms with van der Waals surface area (Å²) in [6, 6.07) is 11.6. The Kier molecular flexibility index (Phi) is 5.45. The first-order valence-electron chi connectivity index (χ1n) is 8.59. The van der Waals surface area contributed by atoms with Gasteiger partial charge in [0.1, 0.15) is 0 Å². The zero-order chi connectivity index (χ0) is 15.5. The van der Waals surface area contributed by atoms with Gasteiger partial charge in [0.05, 0.1) is 0 Å². The summed E-state index contributed by atoms with van der Waals surface area (Å²) in [5, 5.41) is 3.79. The van der Waals surface area contributed by atoms with Crippen molar-refractivity contribution in [1.82, 2.24) is 10.2 Å². The van der Waals surface area contributed by atoms with E-state index >= 15 is 0 Å². The van der Waals surface area contributed by atoms with Crippen LogP contribution >= 0.6 is 0 Å². The molecule has 1 saturated carbocycles. The van der Waals surface area contributed by atoms with Crippen LogP contribution in [-0.2, 0) is 0 Å². The van der Waals surface area contributed by atoms with E-state index in [1.165, 1.54) is 12.0 Å². The molecule has 0 heterocycles. The molecular formula is C19H32N2. The SMILES string of the molecule is CCNC(C1CC1c1ccccc1)C(C)(C)N(CC)CC. The molecule has 1 aromatic rings. The molecule has 1 N–H and O–H groups in total. The maximum absolute atomic E-state index is 3.79. The van der Waals surface area contributed by atoms with Gasteiger partial charge in [-0.2, -0.15) is 0 Å². The summed E-state index contributed by atoms with van der Waals surface area (Å²) in [5.41, 5.74) is 1.72. The van der Waals surface area contributed by atoms with Crippen molar-refractivity contribution in [2.75, 3.05) is 19.6 Å². The molecule has 2 heteroatoms. The van der Waals surface area contributed by atoms with Gasteiger partial charge in [0.25, 0.3) is 0 Å². The molecule has 0 radical (unpaired) electrons. The van der Waals surface area contributed by atoms with Crippen LogP contribution in [-0.4, -0.2) is 36.1 Å². The van der Waals surface area contributed by atoms with Crippen LogP contribution in [0.2, 0.25) is 0 Å². The van der Waals surface area contributed by atoms with Gasteiger partial charge in [-0.05, 0) is 57.3 Å². The lowest BCUT2D eigenvalue weighted by Gasteiger charge is -2.44. The van der Waals surface area contributed by atoms with Gasteiger partial charge < -0.3 is 5.32 Å². The molecule has 21 heavy (non-hydrogen) atoms. The lowest BCUT2D eigenvalue weighted by atomic mass is 9.87. The fourth-order valence-corrected chi connectivity index (χ4v) is 4.05. The van der Waals surface area contributed by atoms with Crippen LogP contribution in [0.3, 0.4) is 0 Å². The number of hydrogen-bond acceptors (Lipinski definition) is 2. The van der Waals surface area contributed by atoms with Crippen molar-refractivity contribution >= 4 is 0 Å². The fourth-order valence-electron chi connectivity index (χ4n) is 4.05. The summed E-state index contributed by atoms with van der Waals surface area (Å²) in [4.78, 5) is 2.60. The van der Waals surface area contributed by atoms with Gasteiger partial charge in [0, 0.05) is 11.6 Å². The molecule has 0 spiro atoms. The van der Waals surface area contributed by atoms with Crippen LogP contribution in [0.25, 0.3) is 0 Å². The monoisotopic (exact) mass is 288 g/mol. The van der Waals surface area contributed by atoms with Crippen molar-refractivity contribution in [2.24, 2.45) is 5.92 Å². The lowest BCUT2D eigenvalue weighted by molar-refractivity contribution is 0.0819. The van der Waals surface area contributed by atoms with Gasteiger partial charge >= 0.3 is 0 Å². The second kappa shape index (κ2) is 6.93. The van der Waals surface area contributed by atoms with Crippen molar-refractivity contribution in [3.63, 3.8) is 0 Å². The van der Waals surface area contributed by atoms with Gasteiger partial charge in [0.2, 0.25) is 0 Å². The average Bonchev–Trinajstić information content (AvgIpc) is 3.26. The smallest absolute Gasteiger partial charge is 0.0308 e. The molecule has 2 nitrogen and oxygen atoms in total. The van der Waals surface area contributed by atoms with E-state index in [0.717, 1.165) is 31.5 Å². The average molecular weight is 288 g/mol. The highest BCUT2D eigenvalue weighted by Crippen LogP contribution is 2.52. The first-order valence-corrected chi connectivity index (χ1v) is 8.59.